The Morgan fingerprint density at radius 2 is 2.24 bits per heavy atom. The molecule has 0 spiro atoms. The molecule has 1 fully saturated rings. The highest BCUT2D eigenvalue weighted by molar-refractivity contribution is 6.33. The lowest BCUT2D eigenvalue weighted by Gasteiger charge is -2.26. The Labute approximate surface area is 127 Å². The summed E-state index contributed by atoms with van der Waals surface area (Å²) < 4.78 is 13.4. The van der Waals surface area contributed by atoms with Crippen molar-refractivity contribution in [1.29, 1.82) is 0 Å². The van der Waals surface area contributed by atoms with E-state index < -0.39 is 5.82 Å². The summed E-state index contributed by atoms with van der Waals surface area (Å²) in [5, 5.41) is 5.55. The fraction of sp³-hybridized carbons (Fsp3) is 0.429. The van der Waals surface area contributed by atoms with E-state index in [1.165, 1.54) is 12.1 Å². The molecule has 1 saturated heterocycles. The van der Waals surface area contributed by atoms with Crippen LogP contribution >= 0.6 is 11.6 Å². The topological polar surface area (TPSA) is 61.4 Å². The molecule has 0 saturated carbocycles. The van der Waals surface area contributed by atoms with Gasteiger partial charge in [-0.3, -0.25) is 4.79 Å². The van der Waals surface area contributed by atoms with E-state index in [0.717, 1.165) is 0 Å². The summed E-state index contributed by atoms with van der Waals surface area (Å²) in [6.07, 6.45) is 0.258. The number of aryl methyl sites for hydroxylation is 1. The van der Waals surface area contributed by atoms with E-state index in [-0.39, 0.29) is 29.4 Å². The standard InChI is InChI=1S/C14H17ClFN3O2/c1-8-5-12(10(15)6-11(8)16)18-14(21)19-4-3-13(20)17-7-9(19)2/h5-6,9H,3-4,7H2,1-2H3,(H,17,20)(H,18,21)/t9-/m0/s1. The fourth-order valence-electron chi connectivity index (χ4n) is 2.14. The van der Waals surface area contributed by atoms with Crippen LogP contribution in [-0.2, 0) is 4.79 Å². The summed E-state index contributed by atoms with van der Waals surface area (Å²) in [5.74, 6) is -0.497. The second-order valence-electron chi connectivity index (χ2n) is 5.11. The van der Waals surface area contributed by atoms with Crippen molar-refractivity contribution >= 4 is 29.2 Å². The predicted molar refractivity (Wildman–Crippen MR) is 79.0 cm³/mol. The number of carbonyl (C=O) groups is 2. The molecule has 1 heterocycles. The number of amides is 3. The zero-order valence-corrected chi connectivity index (χ0v) is 12.6. The molecule has 1 aromatic carbocycles. The van der Waals surface area contributed by atoms with Crippen molar-refractivity contribution in [1.82, 2.24) is 10.2 Å². The predicted octanol–water partition coefficient (Wildman–Crippen LogP) is 2.53. The minimum atomic E-state index is -0.420. The first-order valence-corrected chi connectivity index (χ1v) is 7.06. The summed E-state index contributed by atoms with van der Waals surface area (Å²) in [6.45, 7) is 4.18. The molecule has 3 amide bonds. The molecule has 0 aromatic heterocycles. The lowest BCUT2D eigenvalue weighted by molar-refractivity contribution is -0.120. The van der Waals surface area contributed by atoms with Crippen molar-refractivity contribution in [2.75, 3.05) is 18.4 Å². The van der Waals surface area contributed by atoms with Gasteiger partial charge in [-0.2, -0.15) is 0 Å². The Balaban J connectivity index is 2.13. The number of hydrogen-bond acceptors (Lipinski definition) is 2. The SMILES string of the molecule is Cc1cc(NC(=O)N2CCC(=O)NC[C@@H]2C)c(Cl)cc1F. The summed E-state index contributed by atoms with van der Waals surface area (Å²) in [7, 11) is 0. The van der Waals surface area contributed by atoms with Gasteiger partial charge in [0.1, 0.15) is 5.82 Å². The Morgan fingerprint density at radius 3 is 2.95 bits per heavy atom. The van der Waals surface area contributed by atoms with E-state index in [1.807, 2.05) is 6.92 Å². The van der Waals surface area contributed by atoms with Gasteiger partial charge in [-0.1, -0.05) is 11.6 Å². The van der Waals surface area contributed by atoms with Crippen molar-refractivity contribution in [3.63, 3.8) is 0 Å². The largest absolute Gasteiger partial charge is 0.354 e. The molecule has 1 aliphatic heterocycles. The molecule has 21 heavy (non-hydrogen) atoms. The monoisotopic (exact) mass is 313 g/mol. The number of benzene rings is 1. The molecule has 2 N–H and O–H groups in total. The van der Waals surface area contributed by atoms with Crippen LogP contribution in [0.3, 0.4) is 0 Å². The normalized spacial score (nSPS) is 19.0. The molecule has 1 atom stereocenters. The first-order chi connectivity index (χ1) is 9.88. The van der Waals surface area contributed by atoms with E-state index >= 15 is 0 Å². The molecular weight excluding hydrogens is 297 g/mol. The molecule has 114 valence electrons. The molecule has 5 nitrogen and oxygen atoms in total. The number of anilines is 1. The van der Waals surface area contributed by atoms with Gasteiger partial charge in [0.25, 0.3) is 0 Å². The molecule has 1 aromatic rings. The average molecular weight is 314 g/mol. The molecule has 0 aliphatic carbocycles. The van der Waals surface area contributed by atoms with Gasteiger partial charge in [0.05, 0.1) is 10.7 Å². The second kappa shape index (κ2) is 6.30. The molecule has 1 aliphatic rings. The van der Waals surface area contributed by atoms with Crippen molar-refractivity contribution < 1.29 is 14.0 Å². The highest BCUT2D eigenvalue weighted by Crippen LogP contribution is 2.25. The van der Waals surface area contributed by atoms with Crippen molar-refractivity contribution in [3.05, 3.63) is 28.5 Å². The Hall–Kier alpha value is -1.82. The molecule has 0 radical (unpaired) electrons. The Kier molecular flexibility index (Phi) is 4.67. The van der Waals surface area contributed by atoms with E-state index in [2.05, 4.69) is 10.6 Å². The Morgan fingerprint density at radius 1 is 1.52 bits per heavy atom. The van der Waals surface area contributed by atoms with Crippen LogP contribution in [0.15, 0.2) is 12.1 Å². The maximum atomic E-state index is 13.4. The van der Waals surface area contributed by atoms with Crippen molar-refractivity contribution in [2.45, 2.75) is 26.3 Å². The zero-order chi connectivity index (χ0) is 15.6. The zero-order valence-electron chi connectivity index (χ0n) is 11.9. The maximum absolute atomic E-state index is 13.4. The van der Waals surface area contributed by atoms with Crippen molar-refractivity contribution in [2.24, 2.45) is 0 Å². The van der Waals surface area contributed by atoms with E-state index in [0.29, 0.717) is 24.3 Å². The van der Waals surface area contributed by atoms with Gasteiger partial charge >= 0.3 is 6.03 Å². The van der Waals surface area contributed by atoms with Crippen LogP contribution < -0.4 is 10.6 Å². The second-order valence-corrected chi connectivity index (χ2v) is 5.52. The molecule has 0 unspecified atom stereocenters. The van der Waals surface area contributed by atoms with Gasteiger partial charge in [0.2, 0.25) is 5.91 Å². The van der Waals surface area contributed by atoms with Crippen LogP contribution in [0.1, 0.15) is 18.9 Å². The van der Waals surface area contributed by atoms with Crippen LogP contribution in [0, 0.1) is 12.7 Å². The number of urea groups is 1. The smallest absolute Gasteiger partial charge is 0.322 e. The fourth-order valence-corrected chi connectivity index (χ4v) is 2.34. The third-order valence-corrected chi connectivity index (χ3v) is 3.77. The number of hydrogen-bond donors (Lipinski definition) is 2. The lowest BCUT2D eigenvalue weighted by atomic mass is 10.2. The summed E-state index contributed by atoms with van der Waals surface area (Å²) in [6, 6.07) is 2.17. The number of rotatable bonds is 1. The minimum Gasteiger partial charge on any atom is -0.354 e. The van der Waals surface area contributed by atoms with Gasteiger partial charge in [-0.15, -0.1) is 0 Å². The first-order valence-electron chi connectivity index (χ1n) is 6.68. The van der Waals surface area contributed by atoms with E-state index in [1.54, 1.807) is 11.8 Å². The summed E-state index contributed by atoms with van der Waals surface area (Å²) in [4.78, 5) is 25.2. The minimum absolute atomic E-state index is 0.0761. The number of carbonyl (C=O) groups excluding carboxylic acids is 2. The van der Waals surface area contributed by atoms with Crippen LogP contribution in [-0.4, -0.2) is 36.0 Å². The van der Waals surface area contributed by atoms with Crippen LogP contribution in [0.2, 0.25) is 5.02 Å². The molecule has 7 heteroatoms. The van der Waals surface area contributed by atoms with Crippen molar-refractivity contribution in [3.8, 4) is 0 Å². The van der Waals surface area contributed by atoms with E-state index in [9.17, 15) is 14.0 Å². The summed E-state index contributed by atoms with van der Waals surface area (Å²) >= 11 is 5.94. The van der Waals surface area contributed by atoms with Gasteiger partial charge in [0, 0.05) is 25.6 Å². The van der Waals surface area contributed by atoms with Gasteiger partial charge < -0.3 is 15.5 Å². The van der Waals surface area contributed by atoms with Crippen LogP contribution in [0.25, 0.3) is 0 Å². The molecule has 0 bridgehead atoms. The van der Waals surface area contributed by atoms with Gasteiger partial charge in [0.15, 0.2) is 0 Å². The third-order valence-electron chi connectivity index (χ3n) is 3.46. The number of nitrogens with one attached hydrogen (secondary N) is 2. The van der Waals surface area contributed by atoms with Crippen LogP contribution in [0.4, 0.5) is 14.9 Å². The number of halogens is 2. The molecular formula is C14H17ClFN3O2. The average Bonchev–Trinajstić information content (AvgIpc) is 2.58. The van der Waals surface area contributed by atoms with E-state index in [4.69, 9.17) is 11.6 Å². The lowest BCUT2D eigenvalue weighted by Crippen LogP contribution is -2.44. The first kappa shape index (κ1) is 15.6. The summed E-state index contributed by atoms with van der Waals surface area (Å²) in [5.41, 5.74) is 0.756. The van der Waals surface area contributed by atoms with Gasteiger partial charge in [-0.05, 0) is 31.5 Å². The third kappa shape index (κ3) is 3.64. The highest BCUT2D eigenvalue weighted by atomic mass is 35.5. The van der Waals surface area contributed by atoms with Crippen LogP contribution in [0.5, 0.6) is 0 Å². The van der Waals surface area contributed by atoms with Gasteiger partial charge in [-0.25, -0.2) is 9.18 Å². The highest BCUT2D eigenvalue weighted by Gasteiger charge is 2.25. The number of nitrogens with zero attached hydrogens (tertiary/aromatic N) is 1. The maximum Gasteiger partial charge on any atom is 0.322 e. The quantitative estimate of drug-likeness (QED) is 0.837. The Bertz CT molecular complexity index is 580. The molecule has 2 rings (SSSR count).